The Morgan fingerprint density at radius 2 is 0.967 bits per heavy atom. The third-order valence-electron chi connectivity index (χ3n) is 4.65. The van der Waals surface area contributed by atoms with Crippen molar-refractivity contribution in [1.82, 2.24) is 0 Å². The molecule has 0 amide bonds. The summed E-state index contributed by atoms with van der Waals surface area (Å²) >= 11 is 0. The summed E-state index contributed by atoms with van der Waals surface area (Å²) in [5.41, 5.74) is -0.0000205. The summed E-state index contributed by atoms with van der Waals surface area (Å²) in [6.07, 6.45) is 8.05. The Balaban J connectivity index is 3.03. The van der Waals surface area contributed by atoms with E-state index in [-0.39, 0.29) is 36.5 Å². The molecular formula is C24H36O6. The zero-order valence-electron chi connectivity index (χ0n) is 18.7. The first-order chi connectivity index (χ1) is 14.6. The highest BCUT2D eigenvalue weighted by Crippen LogP contribution is 2.20. The van der Waals surface area contributed by atoms with Gasteiger partial charge in [0, 0.05) is 0 Å². The van der Waals surface area contributed by atoms with Gasteiger partial charge in [-0.25, -0.2) is 14.4 Å². The SMILES string of the molecule is CCCCCOC(=O)c1cccc(C(=O)OCCCCC)c1C(=O)OCCCCC. The Bertz CT molecular complexity index is 625. The molecule has 0 aromatic heterocycles. The lowest BCUT2D eigenvalue weighted by Crippen LogP contribution is -2.20. The molecular weight excluding hydrogens is 384 g/mol. The van der Waals surface area contributed by atoms with Crippen LogP contribution in [0.1, 0.15) is 110 Å². The molecule has 6 nitrogen and oxygen atoms in total. The predicted octanol–water partition coefficient (Wildman–Crippen LogP) is 5.73. The van der Waals surface area contributed by atoms with Crippen LogP contribution in [0.3, 0.4) is 0 Å². The van der Waals surface area contributed by atoms with E-state index in [0.29, 0.717) is 0 Å². The third kappa shape index (κ3) is 8.97. The molecule has 0 fully saturated rings. The summed E-state index contributed by atoms with van der Waals surface area (Å²) in [6.45, 7) is 6.94. The lowest BCUT2D eigenvalue weighted by Gasteiger charge is -2.14. The highest BCUT2D eigenvalue weighted by molar-refractivity contribution is 6.10. The molecule has 0 N–H and O–H groups in total. The van der Waals surface area contributed by atoms with Gasteiger partial charge in [-0.2, -0.15) is 0 Å². The Hall–Kier alpha value is -2.37. The molecule has 0 spiro atoms. The molecule has 0 atom stereocenters. The molecule has 0 saturated heterocycles. The van der Waals surface area contributed by atoms with Crippen LogP contribution in [0.15, 0.2) is 18.2 Å². The Labute approximate surface area is 180 Å². The first kappa shape index (κ1) is 25.7. The lowest BCUT2D eigenvalue weighted by molar-refractivity contribution is 0.0430. The van der Waals surface area contributed by atoms with E-state index in [2.05, 4.69) is 20.8 Å². The number of hydrogen-bond donors (Lipinski definition) is 0. The molecule has 1 aromatic rings. The largest absolute Gasteiger partial charge is 0.462 e. The lowest BCUT2D eigenvalue weighted by atomic mass is 10.0. The molecule has 0 heterocycles. The van der Waals surface area contributed by atoms with Crippen molar-refractivity contribution in [2.45, 2.75) is 78.6 Å². The third-order valence-corrected chi connectivity index (χ3v) is 4.65. The smallest absolute Gasteiger partial charge is 0.339 e. The number of ether oxygens (including phenoxy) is 3. The van der Waals surface area contributed by atoms with Crippen LogP contribution < -0.4 is 0 Å². The number of benzene rings is 1. The molecule has 30 heavy (non-hydrogen) atoms. The fourth-order valence-electron chi connectivity index (χ4n) is 2.89. The van der Waals surface area contributed by atoms with E-state index < -0.39 is 17.9 Å². The molecule has 0 aliphatic rings. The number of rotatable bonds is 15. The minimum atomic E-state index is -0.701. The van der Waals surface area contributed by atoms with Crippen LogP contribution in [0, 0.1) is 0 Å². The van der Waals surface area contributed by atoms with Gasteiger partial charge < -0.3 is 14.2 Å². The van der Waals surface area contributed by atoms with Gasteiger partial charge in [0.15, 0.2) is 0 Å². The quantitative estimate of drug-likeness (QED) is 0.205. The van der Waals surface area contributed by atoms with E-state index in [9.17, 15) is 14.4 Å². The maximum atomic E-state index is 12.8. The van der Waals surface area contributed by atoms with Crippen LogP contribution in [0.2, 0.25) is 0 Å². The average Bonchev–Trinajstić information content (AvgIpc) is 2.76. The minimum absolute atomic E-state index is 0.0370. The summed E-state index contributed by atoms with van der Waals surface area (Å²) in [5.74, 6) is -1.97. The summed E-state index contributed by atoms with van der Waals surface area (Å²) in [5, 5.41) is 0. The maximum absolute atomic E-state index is 12.8. The van der Waals surface area contributed by atoms with Gasteiger partial charge in [-0.3, -0.25) is 0 Å². The van der Waals surface area contributed by atoms with Gasteiger partial charge in [0.1, 0.15) is 0 Å². The van der Waals surface area contributed by atoms with Crippen LogP contribution in [0.25, 0.3) is 0 Å². The Morgan fingerprint density at radius 3 is 1.33 bits per heavy atom. The number of carbonyl (C=O) groups excluding carboxylic acids is 3. The van der Waals surface area contributed by atoms with E-state index in [0.717, 1.165) is 57.8 Å². The van der Waals surface area contributed by atoms with Crippen molar-refractivity contribution in [1.29, 1.82) is 0 Å². The zero-order chi connectivity index (χ0) is 22.2. The summed E-state index contributed by atoms with van der Waals surface area (Å²) < 4.78 is 16.0. The molecule has 0 aliphatic carbocycles. The van der Waals surface area contributed by atoms with Crippen molar-refractivity contribution >= 4 is 17.9 Å². The monoisotopic (exact) mass is 420 g/mol. The normalized spacial score (nSPS) is 10.5. The topological polar surface area (TPSA) is 78.9 Å². The molecule has 0 aliphatic heterocycles. The van der Waals surface area contributed by atoms with Crippen molar-refractivity contribution in [3.8, 4) is 0 Å². The first-order valence-electron chi connectivity index (χ1n) is 11.2. The number of unbranched alkanes of at least 4 members (excludes halogenated alkanes) is 6. The van der Waals surface area contributed by atoms with E-state index in [1.807, 2.05) is 0 Å². The molecule has 0 unspecified atom stereocenters. The summed E-state index contributed by atoms with van der Waals surface area (Å²) in [6, 6.07) is 4.52. The zero-order valence-corrected chi connectivity index (χ0v) is 18.7. The second-order valence-corrected chi connectivity index (χ2v) is 7.26. The fourth-order valence-corrected chi connectivity index (χ4v) is 2.89. The second kappa shape index (κ2) is 15.5. The van der Waals surface area contributed by atoms with Crippen molar-refractivity contribution in [2.24, 2.45) is 0 Å². The standard InChI is InChI=1S/C24H36O6/c1-4-7-10-16-28-22(25)19-14-13-15-20(23(26)29-17-11-8-5-2)21(19)24(27)30-18-12-9-6-3/h13-15H,4-12,16-18H2,1-3H3. The molecule has 0 saturated carbocycles. The molecule has 6 heteroatoms. The van der Waals surface area contributed by atoms with Crippen LogP contribution in [0.4, 0.5) is 0 Å². The summed E-state index contributed by atoms with van der Waals surface area (Å²) in [4.78, 5) is 38.0. The Kier molecular flexibility index (Phi) is 13.2. The number of esters is 3. The molecule has 1 aromatic carbocycles. The van der Waals surface area contributed by atoms with Crippen molar-refractivity contribution < 1.29 is 28.6 Å². The van der Waals surface area contributed by atoms with Crippen molar-refractivity contribution in [3.63, 3.8) is 0 Å². The fraction of sp³-hybridized carbons (Fsp3) is 0.625. The average molecular weight is 421 g/mol. The van der Waals surface area contributed by atoms with E-state index in [1.165, 1.54) is 12.1 Å². The second-order valence-electron chi connectivity index (χ2n) is 7.26. The minimum Gasteiger partial charge on any atom is -0.462 e. The van der Waals surface area contributed by atoms with Crippen molar-refractivity contribution in [3.05, 3.63) is 34.9 Å². The number of hydrogen-bond acceptors (Lipinski definition) is 6. The molecule has 0 bridgehead atoms. The van der Waals surface area contributed by atoms with E-state index >= 15 is 0 Å². The van der Waals surface area contributed by atoms with Gasteiger partial charge >= 0.3 is 17.9 Å². The Morgan fingerprint density at radius 1 is 0.600 bits per heavy atom. The summed E-state index contributed by atoms with van der Waals surface area (Å²) in [7, 11) is 0. The van der Waals surface area contributed by atoms with Crippen LogP contribution in [-0.4, -0.2) is 37.7 Å². The predicted molar refractivity (Wildman–Crippen MR) is 116 cm³/mol. The van der Waals surface area contributed by atoms with Crippen LogP contribution in [0.5, 0.6) is 0 Å². The van der Waals surface area contributed by atoms with Gasteiger partial charge in [-0.05, 0) is 31.4 Å². The highest BCUT2D eigenvalue weighted by atomic mass is 16.5. The van der Waals surface area contributed by atoms with Gasteiger partial charge in [0.25, 0.3) is 0 Å². The number of carbonyl (C=O) groups is 3. The maximum Gasteiger partial charge on any atom is 0.339 e. The van der Waals surface area contributed by atoms with Crippen LogP contribution >= 0.6 is 0 Å². The van der Waals surface area contributed by atoms with Gasteiger partial charge in [-0.15, -0.1) is 0 Å². The van der Waals surface area contributed by atoms with Gasteiger partial charge in [0.2, 0.25) is 0 Å². The highest BCUT2D eigenvalue weighted by Gasteiger charge is 2.27. The molecule has 0 radical (unpaired) electrons. The van der Waals surface area contributed by atoms with E-state index in [4.69, 9.17) is 14.2 Å². The molecule has 168 valence electrons. The first-order valence-corrected chi connectivity index (χ1v) is 11.2. The van der Waals surface area contributed by atoms with Gasteiger partial charge in [0.05, 0.1) is 36.5 Å². The van der Waals surface area contributed by atoms with Crippen molar-refractivity contribution in [2.75, 3.05) is 19.8 Å². The van der Waals surface area contributed by atoms with Crippen LogP contribution in [-0.2, 0) is 14.2 Å². The van der Waals surface area contributed by atoms with Gasteiger partial charge in [-0.1, -0.05) is 65.4 Å². The molecule has 1 rings (SSSR count). The van der Waals surface area contributed by atoms with E-state index in [1.54, 1.807) is 6.07 Å².